The molecule has 2 aromatic rings. The van der Waals surface area contributed by atoms with E-state index in [-0.39, 0.29) is 30.9 Å². The fraction of sp³-hybridized carbons (Fsp3) is 0.360. The third-order valence-corrected chi connectivity index (χ3v) is 5.07. The first kappa shape index (κ1) is 24.8. The van der Waals surface area contributed by atoms with E-state index in [0.717, 1.165) is 0 Å². The van der Waals surface area contributed by atoms with Crippen molar-refractivity contribution in [2.24, 2.45) is 5.41 Å². The molecule has 1 unspecified atom stereocenters. The van der Waals surface area contributed by atoms with Crippen molar-refractivity contribution >= 4 is 23.7 Å². The molecule has 0 aromatic heterocycles. The van der Waals surface area contributed by atoms with Crippen LogP contribution in [-0.4, -0.2) is 36.9 Å². The molecule has 0 radical (unpaired) electrons. The van der Waals surface area contributed by atoms with Gasteiger partial charge in [0, 0.05) is 12.8 Å². The first-order valence-corrected chi connectivity index (χ1v) is 10.6. The van der Waals surface area contributed by atoms with Gasteiger partial charge in [-0.25, -0.2) is 0 Å². The Morgan fingerprint density at radius 3 is 1.84 bits per heavy atom. The van der Waals surface area contributed by atoms with Crippen molar-refractivity contribution in [3.05, 3.63) is 65.7 Å². The van der Waals surface area contributed by atoms with Crippen LogP contribution in [0.5, 0.6) is 5.75 Å². The van der Waals surface area contributed by atoms with Crippen LogP contribution in [0.15, 0.2) is 54.6 Å². The second kappa shape index (κ2) is 11.2. The zero-order chi connectivity index (χ0) is 23.7. The zero-order valence-corrected chi connectivity index (χ0v) is 18.8. The number of rotatable bonds is 10. The van der Waals surface area contributed by atoms with Gasteiger partial charge in [0.25, 0.3) is 0 Å². The van der Waals surface area contributed by atoms with E-state index in [2.05, 4.69) is 0 Å². The van der Waals surface area contributed by atoms with Crippen molar-refractivity contribution in [3.8, 4) is 5.75 Å². The molecule has 0 aliphatic heterocycles. The number of ketones is 1. The Labute approximate surface area is 187 Å². The van der Waals surface area contributed by atoms with Gasteiger partial charge in [-0.05, 0) is 38.0 Å². The van der Waals surface area contributed by atoms with E-state index in [9.17, 15) is 19.2 Å². The average molecular weight is 440 g/mol. The predicted molar refractivity (Wildman–Crippen MR) is 117 cm³/mol. The van der Waals surface area contributed by atoms with E-state index in [4.69, 9.17) is 14.2 Å². The topological polar surface area (TPSA) is 96.0 Å². The highest BCUT2D eigenvalue weighted by molar-refractivity contribution is 6.27. The maximum Gasteiger partial charge on any atom is 0.332 e. The highest BCUT2D eigenvalue weighted by Crippen LogP contribution is 2.45. The minimum absolute atomic E-state index is 0.0376. The molecule has 7 nitrogen and oxygen atoms in total. The van der Waals surface area contributed by atoms with Crippen LogP contribution >= 0.6 is 0 Å². The molecule has 0 spiro atoms. The number of carbonyl (C=O) groups is 4. The zero-order valence-electron chi connectivity index (χ0n) is 18.8. The average Bonchev–Trinajstić information content (AvgIpc) is 2.77. The number of para-hydroxylation sites is 1. The summed E-state index contributed by atoms with van der Waals surface area (Å²) in [6.07, 6.45) is 0.267. The summed E-state index contributed by atoms with van der Waals surface area (Å²) < 4.78 is 15.7. The molecule has 0 fully saturated rings. The normalized spacial score (nSPS) is 11.9. The van der Waals surface area contributed by atoms with Gasteiger partial charge in [-0.2, -0.15) is 0 Å². The van der Waals surface area contributed by atoms with E-state index in [1.54, 1.807) is 63.2 Å². The molecule has 1 atom stereocenters. The van der Waals surface area contributed by atoms with Crippen LogP contribution in [-0.2, 0) is 23.9 Å². The number of esters is 3. The number of benzene rings is 2. The van der Waals surface area contributed by atoms with Crippen LogP contribution in [0.1, 0.15) is 56.0 Å². The van der Waals surface area contributed by atoms with Gasteiger partial charge in [-0.1, -0.05) is 49.4 Å². The van der Waals surface area contributed by atoms with Gasteiger partial charge in [0.15, 0.2) is 5.78 Å². The second-order valence-corrected chi connectivity index (χ2v) is 7.04. The summed E-state index contributed by atoms with van der Waals surface area (Å²) >= 11 is 0. The minimum Gasteiger partial charge on any atom is -0.465 e. The Morgan fingerprint density at radius 2 is 1.34 bits per heavy atom. The lowest BCUT2D eigenvalue weighted by atomic mass is 9.66. The summed E-state index contributed by atoms with van der Waals surface area (Å²) in [5, 5.41) is 0. The maximum absolute atomic E-state index is 14.1. The summed E-state index contributed by atoms with van der Waals surface area (Å²) in [4.78, 5) is 52.6. The number of ether oxygens (including phenoxy) is 3. The number of hydrogen-bond donors (Lipinski definition) is 0. The van der Waals surface area contributed by atoms with Gasteiger partial charge < -0.3 is 14.2 Å². The number of Topliss-reactive ketones (excluding diaryl/α,β-unsaturated/α-hetero) is 1. The molecule has 2 rings (SSSR count). The molecule has 0 amide bonds. The fourth-order valence-corrected chi connectivity index (χ4v) is 3.79. The summed E-state index contributed by atoms with van der Waals surface area (Å²) in [5.41, 5.74) is -1.80. The van der Waals surface area contributed by atoms with Gasteiger partial charge in [0.05, 0.1) is 18.8 Å². The van der Waals surface area contributed by atoms with Crippen LogP contribution in [0.2, 0.25) is 0 Å². The molecule has 0 bridgehead atoms. The van der Waals surface area contributed by atoms with Crippen LogP contribution in [0, 0.1) is 5.41 Å². The second-order valence-electron chi connectivity index (χ2n) is 7.04. The molecular weight excluding hydrogens is 412 g/mol. The van der Waals surface area contributed by atoms with Crippen molar-refractivity contribution in [2.45, 2.75) is 40.0 Å². The molecule has 170 valence electrons. The van der Waals surface area contributed by atoms with E-state index in [0.29, 0.717) is 5.56 Å². The summed E-state index contributed by atoms with van der Waals surface area (Å²) in [6.45, 7) is 6.08. The Hall–Kier alpha value is -3.48. The molecule has 0 N–H and O–H groups in total. The van der Waals surface area contributed by atoms with Crippen molar-refractivity contribution in [3.63, 3.8) is 0 Å². The monoisotopic (exact) mass is 440 g/mol. The first-order chi connectivity index (χ1) is 15.3. The Morgan fingerprint density at radius 1 is 0.812 bits per heavy atom. The van der Waals surface area contributed by atoms with Crippen LogP contribution in [0.4, 0.5) is 0 Å². The van der Waals surface area contributed by atoms with Gasteiger partial charge in [-0.3, -0.25) is 19.2 Å². The molecular formula is C25H28O7. The molecule has 32 heavy (non-hydrogen) atoms. The van der Waals surface area contributed by atoms with Gasteiger partial charge in [-0.15, -0.1) is 0 Å². The Kier molecular flexibility index (Phi) is 8.70. The van der Waals surface area contributed by atoms with Gasteiger partial charge >= 0.3 is 17.9 Å². The first-order valence-electron chi connectivity index (χ1n) is 10.6. The molecule has 0 saturated carbocycles. The third kappa shape index (κ3) is 4.88. The van der Waals surface area contributed by atoms with E-state index < -0.39 is 35.0 Å². The van der Waals surface area contributed by atoms with E-state index in [1.165, 1.54) is 19.1 Å². The summed E-state index contributed by atoms with van der Waals surface area (Å²) in [6, 6.07) is 14.8. The van der Waals surface area contributed by atoms with E-state index in [1.807, 2.05) is 0 Å². The van der Waals surface area contributed by atoms with Crippen LogP contribution in [0.25, 0.3) is 0 Å². The number of carbonyl (C=O) groups excluding carboxylic acids is 4. The quantitative estimate of drug-likeness (QED) is 0.237. The Bertz CT molecular complexity index is 947. The van der Waals surface area contributed by atoms with E-state index >= 15 is 0 Å². The van der Waals surface area contributed by atoms with Crippen molar-refractivity contribution in [1.29, 1.82) is 0 Å². The summed E-state index contributed by atoms with van der Waals surface area (Å²) in [7, 11) is 0. The summed E-state index contributed by atoms with van der Waals surface area (Å²) in [5.74, 6) is -4.42. The van der Waals surface area contributed by atoms with Crippen molar-refractivity contribution in [2.75, 3.05) is 13.2 Å². The molecule has 0 aliphatic rings. The molecule has 0 saturated heterocycles. The third-order valence-electron chi connectivity index (χ3n) is 5.07. The molecule has 0 heterocycles. The standard InChI is InChI=1S/C25H28O7/c1-5-20(18-13-9-8-10-14-18)25(23(28)30-6-2,24(29)31-7-3)22(27)19-15-11-12-16-21(19)32-17(4)26/h8-16,20H,5-7H2,1-4H3. The van der Waals surface area contributed by atoms with Crippen LogP contribution < -0.4 is 4.74 Å². The SMILES string of the molecule is CCOC(=O)C(C(=O)OCC)(C(=O)c1ccccc1OC(C)=O)C(CC)c1ccccc1. The lowest BCUT2D eigenvalue weighted by molar-refractivity contribution is -0.169. The molecule has 7 heteroatoms. The molecule has 2 aromatic carbocycles. The predicted octanol–water partition coefficient (Wildman–Crippen LogP) is 4.10. The van der Waals surface area contributed by atoms with Gasteiger partial charge in [0.2, 0.25) is 5.41 Å². The Balaban J connectivity index is 2.85. The minimum atomic E-state index is -2.32. The van der Waals surface area contributed by atoms with Crippen LogP contribution in [0.3, 0.4) is 0 Å². The molecule has 0 aliphatic carbocycles. The highest BCUT2D eigenvalue weighted by atomic mass is 16.6. The van der Waals surface area contributed by atoms with Crippen molar-refractivity contribution in [1.82, 2.24) is 0 Å². The maximum atomic E-state index is 14.1. The number of hydrogen-bond acceptors (Lipinski definition) is 7. The van der Waals surface area contributed by atoms with Gasteiger partial charge in [0.1, 0.15) is 5.75 Å². The largest absolute Gasteiger partial charge is 0.465 e. The lowest BCUT2D eigenvalue weighted by Crippen LogP contribution is -2.52. The van der Waals surface area contributed by atoms with Crippen molar-refractivity contribution < 1.29 is 33.4 Å². The smallest absolute Gasteiger partial charge is 0.332 e. The lowest BCUT2D eigenvalue weighted by Gasteiger charge is -2.35. The highest BCUT2D eigenvalue weighted by Gasteiger charge is 2.61. The fourth-order valence-electron chi connectivity index (χ4n) is 3.79.